The number of nitrogens with one attached hydrogen (secondary N) is 1. The van der Waals surface area contributed by atoms with Crippen molar-refractivity contribution in [2.24, 2.45) is 0 Å². The summed E-state index contributed by atoms with van der Waals surface area (Å²) in [6.45, 7) is 10.1. The van der Waals surface area contributed by atoms with Crippen molar-refractivity contribution < 1.29 is 9.53 Å². The molecule has 0 aromatic carbocycles. The molecule has 1 aliphatic rings. The zero-order valence-corrected chi connectivity index (χ0v) is 12.7. The van der Waals surface area contributed by atoms with E-state index in [4.69, 9.17) is 4.74 Å². The van der Waals surface area contributed by atoms with Crippen LogP contribution in [0.25, 0.3) is 0 Å². The Bertz CT molecular complexity index is 448. The van der Waals surface area contributed by atoms with Crippen LogP contribution in [0.4, 0.5) is 5.82 Å². The molecule has 1 aromatic heterocycles. The summed E-state index contributed by atoms with van der Waals surface area (Å²) in [6.07, 6.45) is 2.05. The number of hydrogen-bond donors (Lipinski definition) is 1. The van der Waals surface area contributed by atoms with Crippen LogP contribution in [0.5, 0.6) is 0 Å². The van der Waals surface area contributed by atoms with E-state index in [0.29, 0.717) is 6.54 Å². The molecule has 1 fully saturated rings. The Morgan fingerprint density at radius 3 is 2.70 bits per heavy atom. The van der Waals surface area contributed by atoms with Gasteiger partial charge < -0.3 is 10.1 Å². The molecule has 0 spiro atoms. The van der Waals surface area contributed by atoms with Crippen LogP contribution in [0.3, 0.4) is 0 Å². The molecule has 1 amide bonds. The molecule has 20 heavy (non-hydrogen) atoms. The fourth-order valence-corrected chi connectivity index (χ4v) is 2.62. The molecule has 0 radical (unpaired) electrons. The minimum Gasteiger partial charge on any atom is -0.373 e. The van der Waals surface area contributed by atoms with Gasteiger partial charge in [-0.05, 0) is 27.7 Å². The lowest BCUT2D eigenvalue weighted by Crippen LogP contribution is -2.48. The van der Waals surface area contributed by atoms with Gasteiger partial charge >= 0.3 is 0 Å². The average Bonchev–Trinajstić information content (AvgIpc) is 2.75. The Hall–Kier alpha value is -1.40. The van der Waals surface area contributed by atoms with Gasteiger partial charge in [-0.3, -0.25) is 9.69 Å². The minimum absolute atomic E-state index is 0.00583. The van der Waals surface area contributed by atoms with Crippen LogP contribution in [0.1, 0.15) is 33.7 Å². The molecule has 1 aliphatic heterocycles. The monoisotopic (exact) mass is 280 g/mol. The normalized spacial score (nSPS) is 24.1. The Morgan fingerprint density at radius 1 is 1.45 bits per heavy atom. The zero-order chi connectivity index (χ0) is 14.7. The van der Waals surface area contributed by atoms with Crippen LogP contribution in [0.2, 0.25) is 0 Å². The first-order chi connectivity index (χ1) is 9.45. The van der Waals surface area contributed by atoms with Gasteiger partial charge in [0.05, 0.1) is 24.9 Å². The minimum atomic E-state index is -0.00583. The van der Waals surface area contributed by atoms with Crippen LogP contribution in [0, 0.1) is 0 Å². The maximum absolute atomic E-state index is 12.1. The molecular weight excluding hydrogens is 256 g/mol. The SMILES string of the molecule is CC(C)n1nccc1NC(=O)CN1C[C@@H](C)O[C@H](C)C1. The van der Waals surface area contributed by atoms with E-state index in [1.165, 1.54) is 0 Å². The Balaban J connectivity index is 1.90. The molecule has 0 unspecified atom stereocenters. The lowest BCUT2D eigenvalue weighted by Gasteiger charge is -2.34. The van der Waals surface area contributed by atoms with Crippen molar-refractivity contribution in [3.05, 3.63) is 12.3 Å². The molecule has 2 heterocycles. The number of ether oxygens (including phenoxy) is 1. The molecule has 0 aliphatic carbocycles. The summed E-state index contributed by atoms with van der Waals surface area (Å²) in [7, 11) is 0. The number of morpholine rings is 1. The van der Waals surface area contributed by atoms with E-state index in [0.717, 1.165) is 18.9 Å². The smallest absolute Gasteiger partial charge is 0.239 e. The van der Waals surface area contributed by atoms with Gasteiger partial charge in [0.1, 0.15) is 5.82 Å². The van der Waals surface area contributed by atoms with Crippen LogP contribution >= 0.6 is 0 Å². The number of rotatable bonds is 4. The molecule has 2 atom stereocenters. The third-order valence-corrected chi connectivity index (χ3v) is 3.29. The molecule has 1 aromatic rings. The second-order valence-electron chi connectivity index (χ2n) is 5.75. The molecule has 0 saturated carbocycles. The quantitative estimate of drug-likeness (QED) is 0.908. The van der Waals surface area contributed by atoms with Crippen molar-refractivity contribution in [2.75, 3.05) is 25.0 Å². The highest BCUT2D eigenvalue weighted by atomic mass is 16.5. The summed E-state index contributed by atoms with van der Waals surface area (Å²) in [6, 6.07) is 2.05. The van der Waals surface area contributed by atoms with E-state index in [2.05, 4.69) is 15.3 Å². The van der Waals surface area contributed by atoms with Crippen molar-refractivity contribution in [2.45, 2.75) is 45.9 Å². The van der Waals surface area contributed by atoms with Gasteiger partial charge in [-0.2, -0.15) is 5.10 Å². The van der Waals surface area contributed by atoms with Gasteiger partial charge in [0, 0.05) is 25.2 Å². The second-order valence-corrected chi connectivity index (χ2v) is 5.75. The fourth-order valence-electron chi connectivity index (χ4n) is 2.62. The van der Waals surface area contributed by atoms with Crippen molar-refractivity contribution in [1.82, 2.24) is 14.7 Å². The first-order valence-corrected chi connectivity index (χ1v) is 7.17. The number of anilines is 1. The van der Waals surface area contributed by atoms with Gasteiger partial charge in [-0.1, -0.05) is 0 Å². The van der Waals surface area contributed by atoms with Crippen molar-refractivity contribution in [1.29, 1.82) is 0 Å². The molecule has 2 rings (SSSR count). The molecule has 112 valence electrons. The van der Waals surface area contributed by atoms with Crippen LogP contribution < -0.4 is 5.32 Å². The van der Waals surface area contributed by atoms with Crippen molar-refractivity contribution in [3.63, 3.8) is 0 Å². The molecule has 0 bridgehead atoms. The van der Waals surface area contributed by atoms with E-state index in [-0.39, 0.29) is 24.2 Å². The summed E-state index contributed by atoms with van der Waals surface area (Å²) in [4.78, 5) is 14.3. The van der Waals surface area contributed by atoms with E-state index in [9.17, 15) is 4.79 Å². The molecule has 6 nitrogen and oxygen atoms in total. The van der Waals surface area contributed by atoms with Gasteiger partial charge in [-0.15, -0.1) is 0 Å². The van der Waals surface area contributed by atoms with Crippen LogP contribution in [-0.4, -0.2) is 52.4 Å². The maximum atomic E-state index is 12.1. The summed E-state index contributed by atoms with van der Waals surface area (Å²) in [5, 5.41) is 7.14. The summed E-state index contributed by atoms with van der Waals surface area (Å²) < 4.78 is 7.47. The second kappa shape index (κ2) is 6.37. The standard InChI is InChI=1S/C14H24N4O2/c1-10(2)18-13(5-6-15-18)16-14(19)9-17-7-11(3)20-12(4)8-17/h5-6,10-12H,7-9H2,1-4H3,(H,16,19)/t11-,12-/m1/s1. The summed E-state index contributed by atoms with van der Waals surface area (Å²) in [5.41, 5.74) is 0. The predicted octanol–water partition coefficient (Wildman–Crippen LogP) is 1.51. The number of amides is 1. The van der Waals surface area contributed by atoms with Crippen molar-refractivity contribution >= 4 is 11.7 Å². The molecule has 6 heteroatoms. The highest BCUT2D eigenvalue weighted by molar-refractivity contribution is 5.91. The van der Waals surface area contributed by atoms with Crippen LogP contribution in [0.15, 0.2) is 12.3 Å². The first kappa shape index (κ1) is 15.0. The van der Waals surface area contributed by atoms with E-state index < -0.39 is 0 Å². The lowest BCUT2D eigenvalue weighted by atomic mass is 10.2. The number of aromatic nitrogens is 2. The highest BCUT2D eigenvalue weighted by Crippen LogP contribution is 2.14. The first-order valence-electron chi connectivity index (χ1n) is 7.17. The highest BCUT2D eigenvalue weighted by Gasteiger charge is 2.24. The zero-order valence-electron chi connectivity index (χ0n) is 12.7. The molecule has 1 saturated heterocycles. The van der Waals surface area contributed by atoms with Gasteiger partial charge in [0.2, 0.25) is 5.91 Å². The van der Waals surface area contributed by atoms with E-state index in [1.807, 2.05) is 38.4 Å². The van der Waals surface area contributed by atoms with Gasteiger partial charge in [0.15, 0.2) is 0 Å². The molecular formula is C14H24N4O2. The Morgan fingerprint density at radius 2 is 2.10 bits per heavy atom. The average molecular weight is 280 g/mol. The topological polar surface area (TPSA) is 59.4 Å². The number of nitrogens with zero attached hydrogens (tertiary/aromatic N) is 3. The third-order valence-electron chi connectivity index (χ3n) is 3.29. The van der Waals surface area contributed by atoms with Gasteiger partial charge in [-0.25, -0.2) is 4.68 Å². The fraction of sp³-hybridized carbons (Fsp3) is 0.714. The summed E-state index contributed by atoms with van der Waals surface area (Å²) in [5.74, 6) is 0.744. The van der Waals surface area contributed by atoms with Crippen molar-refractivity contribution in [3.8, 4) is 0 Å². The third kappa shape index (κ3) is 3.80. The number of carbonyl (C=O) groups is 1. The molecule has 1 N–H and O–H groups in total. The van der Waals surface area contributed by atoms with E-state index in [1.54, 1.807) is 6.20 Å². The Labute approximate surface area is 120 Å². The predicted molar refractivity (Wildman–Crippen MR) is 77.7 cm³/mol. The lowest BCUT2D eigenvalue weighted by molar-refractivity contribution is -0.121. The van der Waals surface area contributed by atoms with Crippen LogP contribution in [-0.2, 0) is 9.53 Å². The number of hydrogen-bond acceptors (Lipinski definition) is 4. The summed E-state index contributed by atoms with van der Waals surface area (Å²) >= 11 is 0. The number of carbonyl (C=O) groups excluding carboxylic acids is 1. The van der Waals surface area contributed by atoms with E-state index >= 15 is 0 Å². The Kier molecular flexibility index (Phi) is 4.77. The largest absolute Gasteiger partial charge is 0.373 e. The van der Waals surface area contributed by atoms with Gasteiger partial charge in [0.25, 0.3) is 0 Å². The maximum Gasteiger partial charge on any atom is 0.239 e.